The highest BCUT2D eigenvalue weighted by Gasteiger charge is 2.29. The Kier molecular flexibility index (Phi) is 4.18. The summed E-state index contributed by atoms with van der Waals surface area (Å²) < 4.78 is 1.15. The van der Waals surface area contributed by atoms with Gasteiger partial charge in [0, 0.05) is 29.5 Å². The minimum Gasteiger partial charge on any atom is -0.310 e. The van der Waals surface area contributed by atoms with Gasteiger partial charge in [0.05, 0.1) is 0 Å². The molecule has 0 atom stereocenters. The molecule has 1 aromatic carbocycles. The Morgan fingerprint density at radius 3 is 2.65 bits per heavy atom. The number of hydrogen-bond acceptors (Lipinski definition) is 2. The maximum absolute atomic E-state index is 4.19. The van der Waals surface area contributed by atoms with Crippen molar-refractivity contribution in [2.45, 2.75) is 38.3 Å². The Morgan fingerprint density at radius 2 is 1.95 bits per heavy atom. The lowest BCUT2D eigenvalue weighted by Crippen LogP contribution is -2.39. The maximum atomic E-state index is 4.19. The Labute approximate surface area is 128 Å². The number of halogens is 1. The van der Waals surface area contributed by atoms with Crippen LogP contribution >= 0.6 is 15.9 Å². The van der Waals surface area contributed by atoms with E-state index < -0.39 is 0 Å². The van der Waals surface area contributed by atoms with Crippen molar-refractivity contribution in [3.63, 3.8) is 0 Å². The van der Waals surface area contributed by atoms with Crippen LogP contribution in [0.25, 0.3) is 0 Å². The van der Waals surface area contributed by atoms with Crippen molar-refractivity contribution in [1.82, 2.24) is 10.3 Å². The minimum absolute atomic E-state index is 0.642. The lowest BCUT2D eigenvalue weighted by atomic mass is 9.76. The summed E-state index contributed by atoms with van der Waals surface area (Å²) in [4.78, 5) is 4.19. The second kappa shape index (κ2) is 6.06. The van der Waals surface area contributed by atoms with Crippen LogP contribution in [-0.4, -0.2) is 11.0 Å². The van der Waals surface area contributed by atoms with Gasteiger partial charge in [0.25, 0.3) is 0 Å². The molecule has 0 aliphatic heterocycles. The number of aryl methyl sites for hydroxylation is 1. The van der Waals surface area contributed by atoms with E-state index >= 15 is 0 Å². The molecule has 0 amide bonds. The SMILES string of the molecule is Cc1ccncc1CNC1CC(c2ccc(Br)cc2)C1. The van der Waals surface area contributed by atoms with E-state index in [9.17, 15) is 0 Å². The summed E-state index contributed by atoms with van der Waals surface area (Å²) >= 11 is 3.49. The first kappa shape index (κ1) is 13.8. The van der Waals surface area contributed by atoms with Gasteiger partial charge in [-0.1, -0.05) is 28.1 Å². The molecular weight excluding hydrogens is 312 g/mol. The summed E-state index contributed by atoms with van der Waals surface area (Å²) in [5, 5.41) is 3.64. The van der Waals surface area contributed by atoms with E-state index in [0.29, 0.717) is 6.04 Å². The zero-order chi connectivity index (χ0) is 13.9. The number of nitrogens with zero attached hydrogens (tertiary/aromatic N) is 1. The lowest BCUT2D eigenvalue weighted by molar-refractivity contribution is 0.289. The fraction of sp³-hybridized carbons (Fsp3) is 0.353. The molecule has 1 heterocycles. The first-order valence-corrected chi connectivity index (χ1v) is 7.90. The average molecular weight is 331 g/mol. The topological polar surface area (TPSA) is 24.9 Å². The summed E-state index contributed by atoms with van der Waals surface area (Å²) in [5.41, 5.74) is 4.08. The summed E-state index contributed by atoms with van der Waals surface area (Å²) in [5.74, 6) is 0.718. The molecule has 3 heteroatoms. The van der Waals surface area contributed by atoms with Gasteiger partial charge in [-0.3, -0.25) is 4.98 Å². The van der Waals surface area contributed by atoms with Crippen LogP contribution in [0, 0.1) is 6.92 Å². The van der Waals surface area contributed by atoms with Crippen LogP contribution < -0.4 is 5.32 Å². The van der Waals surface area contributed by atoms with Crippen molar-refractivity contribution in [3.05, 3.63) is 63.9 Å². The van der Waals surface area contributed by atoms with Gasteiger partial charge < -0.3 is 5.32 Å². The molecule has 0 bridgehead atoms. The molecule has 20 heavy (non-hydrogen) atoms. The Balaban J connectivity index is 1.49. The molecule has 1 fully saturated rings. The smallest absolute Gasteiger partial charge is 0.0315 e. The largest absolute Gasteiger partial charge is 0.310 e. The average Bonchev–Trinajstić information content (AvgIpc) is 2.41. The fourth-order valence-corrected chi connectivity index (χ4v) is 2.99. The third-order valence-corrected chi connectivity index (χ3v) is 4.74. The molecule has 1 aliphatic rings. The maximum Gasteiger partial charge on any atom is 0.0315 e. The molecule has 1 aromatic heterocycles. The number of benzene rings is 1. The third-order valence-electron chi connectivity index (χ3n) is 4.21. The highest BCUT2D eigenvalue weighted by atomic mass is 79.9. The van der Waals surface area contributed by atoms with E-state index in [0.717, 1.165) is 16.9 Å². The molecule has 0 saturated heterocycles. The van der Waals surface area contributed by atoms with Crippen molar-refractivity contribution < 1.29 is 0 Å². The van der Waals surface area contributed by atoms with Gasteiger partial charge in [-0.2, -0.15) is 0 Å². The van der Waals surface area contributed by atoms with Gasteiger partial charge >= 0.3 is 0 Å². The molecule has 0 spiro atoms. The van der Waals surface area contributed by atoms with Crippen LogP contribution in [0.4, 0.5) is 0 Å². The van der Waals surface area contributed by atoms with E-state index in [1.807, 2.05) is 12.4 Å². The standard InChI is InChI=1S/C17H19BrN2/c1-12-6-7-19-10-15(12)11-20-17-8-14(9-17)13-2-4-16(18)5-3-13/h2-7,10,14,17,20H,8-9,11H2,1H3. The van der Waals surface area contributed by atoms with Crippen molar-refractivity contribution in [2.75, 3.05) is 0 Å². The number of nitrogens with one attached hydrogen (secondary N) is 1. The van der Waals surface area contributed by atoms with Crippen LogP contribution in [0.2, 0.25) is 0 Å². The number of aromatic nitrogens is 1. The zero-order valence-electron chi connectivity index (χ0n) is 11.6. The van der Waals surface area contributed by atoms with E-state index in [-0.39, 0.29) is 0 Å². The van der Waals surface area contributed by atoms with Gasteiger partial charge in [0.2, 0.25) is 0 Å². The van der Waals surface area contributed by atoms with Gasteiger partial charge in [-0.15, -0.1) is 0 Å². The van der Waals surface area contributed by atoms with Gasteiger partial charge in [-0.25, -0.2) is 0 Å². The van der Waals surface area contributed by atoms with E-state index in [1.54, 1.807) is 0 Å². The van der Waals surface area contributed by atoms with Crippen LogP contribution in [0.15, 0.2) is 47.2 Å². The molecule has 1 N–H and O–H groups in total. The van der Waals surface area contributed by atoms with Crippen molar-refractivity contribution in [3.8, 4) is 0 Å². The van der Waals surface area contributed by atoms with E-state index in [2.05, 4.69) is 63.5 Å². The van der Waals surface area contributed by atoms with Gasteiger partial charge in [0.1, 0.15) is 0 Å². The normalized spacial score (nSPS) is 21.5. The van der Waals surface area contributed by atoms with Crippen molar-refractivity contribution in [1.29, 1.82) is 0 Å². The monoisotopic (exact) mass is 330 g/mol. The molecule has 3 rings (SSSR count). The first-order valence-electron chi connectivity index (χ1n) is 7.10. The third kappa shape index (κ3) is 3.10. The van der Waals surface area contributed by atoms with Crippen molar-refractivity contribution >= 4 is 15.9 Å². The van der Waals surface area contributed by atoms with Gasteiger partial charge in [0.15, 0.2) is 0 Å². The Hall–Kier alpha value is -1.19. The summed E-state index contributed by atoms with van der Waals surface area (Å²) in [6.45, 7) is 3.07. The lowest BCUT2D eigenvalue weighted by Gasteiger charge is -2.36. The van der Waals surface area contributed by atoms with Crippen LogP contribution in [0.1, 0.15) is 35.4 Å². The minimum atomic E-state index is 0.642. The van der Waals surface area contributed by atoms with Crippen LogP contribution in [0.5, 0.6) is 0 Å². The molecule has 0 radical (unpaired) electrons. The Bertz CT molecular complexity index is 574. The van der Waals surface area contributed by atoms with Gasteiger partial charge in [-0.05, 0) is 60.6 Å². The zero-order valence-corrected chi connectivity index (χ0v) is 13.2. The van der Waals surface area contributed by atoms with E-state index in [4.69, 9.17) is 0 Å². The molecule has 1 aliphatic carbocycles. The molecule has 104 valence electrons. The molecule has 2 nitrogen and oxygen atoms in total. The predicted molar refractivity (Wildman–Crippen MR) is 85.7 cm³/mol. The highest BCUT2D eigenvalue weighted by molar-refractivity contribution is 9.10. The molecular formula is C17H19BrN2. The molecule has 0 unspecified atom stereocenters. The second-order valence-corrected chi connectivity index (χ2v) is 6.52. The van der Waals surface area contributed by atoms with E-state index in [1.165, 1.54) is 29.5 Å². The summed E-state index contributed by atoms with van der Waals surface area (Å²) in [7, 11) is 0. The van der Waals surface area contributed by atoms with Crippen LogP contribution in [0.3, 0.4) is 0 Å². The second-order valence-electron chi connectivity index (χ2n) is 5.60. The number of pyridine rings is 1. The molecule has 1 saturated carbocycles. The Morgan fingerprint density at radius 1 is 1.20 bits per heavy atom. The quantitative estimate of drug-likeness (QED) is 0.909. The first-order chi connectivity index (χ1) is 9.72. The highest BCUT2D eigenvalue weighted by Crippen LogP contribution is 2.37. The number of rotatable bonds is 4. The summed E-state index contributed by atoms with van der Waals surface area (Å²) in [6, 6.07) is 11.4. The van der Waals surface area contributed by atoms with Crippen LogP contribution in [-0.2, 0) is 6.54 Å². The predicted octanol–water partition coefficient (Wildman–Crippen LogP) is 4.19. The summed E-state index contributed by atoms with van der Waals surface area (Å²) in [6.07, 6.45) is 6.29. The number of hydrogen-bond donors (Lipinski definition) is 1. The van der Waals surface area contributed by atoms with Crippen molar-refractivity contribution in [2.24, 2.45) is 0 Å². The molecule has 2 aromatic rings. The fourth-order valence-electron chi connectivity index (χ4n) is 2.73.